The summed E-state index contributed by atoms with van der Waals surface area (Å²) in [6.45, 7) is 1.76. The normalized spacial score (nSPS) is 9.18. The summed E-state index contributed by atoms with van der Waals surface area (Å²) in [5.74, 6) is 0.326. The molecule has 1 amide bonds. The number of anilines is 1. The van der Waals surface area contributed by atoms with Crippen molar-refractivity contribution in [1.29, 1.82) is 0 Å². The molecule has 58 valence electrons. The summed E-state index contributed by atoms with van der Waals surface area (Å²) >= 11 is 0. The van der Waals surface area contributed by atoms with Gasteiger partial charge in [-0.25, -0.2) is 4.98 Å². The molecule has 0 aliphatic rings. The van der Waals surface area contributed by atoms with Gasteiger partial charge in [0.2, 0.25) is 0 Å². The second-order valence-electron chi connectivity index (χ2n) is 2.08. The van der Waals surface area contributed by atoms with E-state index in [1.54, 1.807) is 19.1 Å². The van der Waals surface area contributed by atoms with Crippen LogP contribution in [-0.2, 0) is 0 Å². The van der Waals surface area contributed by atoms with Crippen molar-refractivity contribution in [3.05, 3.63) is 23.9 Å². The fraction of sp³-hybridized carbons (Fsp3) is 0.143. The van der Waals surface area contributed by atoms with Crippen LogP contribution < -0.4 is 10.4 Å². The Labute approximate surface area is 63.9 Å². The van der Waals surface area contributed by atoms with Crippen molar-refractivity contribution < 1.29 is 9.90 Å². The zero-order valence-electron chi connectivity index (χ0n) is 6.00. The molecule has 0 aromatic carbocycles. The highest BCUT2D eigenvalue weighted by Crippen LogP contribution is 2.07. The smallest absolute Gasteiger partial charge is 0.140 e. The summed E-state index contributed by atoms with van der Waals surface area (Å²) < 4.78 is 0. The van der Waals surface area contributed by atoms with Gasteiger partial charge in [-0.05, 0) is 18.6 Å². The number of aromatic nitrogens is 1. The SMILES string of the molecule is Cc1cccnc1NC(=O)[O-]. The van der Waals surface area contributed by atoms with Crippen molar-refractivity contribution in [2.45, 2.75) is 6.92 Å². The van der Waals surface area contributed by atoms with Crippen LogP contribution in [0.25, 0.3) is 0 Å². The molecule has 1 rings (SSSR count). The van der Waals surface area contributed by atoms with E-state index in [1.165, 1.54) is 6.20 Å². The Bertz CT molecular complexity index is 273. The number of hydrogen-bond donors (Lipinski definition) is 1. The standard InChI is InChI=1S/C7H8N2O2/c1-5-3-2-4-8-6(5)9-7(10)11/h2-4H,1H3,(H,8,9)(H,10,11)/p-1. The summed E-state index contributed by atoms with van der Waals surface area (Å²) in [5, 5.41) is 12.1. The maximum absolute atomic E-state index is 10.1. The van der Waals surface area contributed by atoms with Gasteiger partial charge in [-0.2, -0.15) is 0 Å². The van der Waals surface area contributed by atoms with Crippen molar-refractivity contribution in [3.63, 3.8) is 0 Å². The Morgan fingerprint density at radius 2 is 2.45 bits per heavy atom. The third kappa shape index (κ3) is 1.93. The number of carbonyl (C=O) groups is 1. The zero-order valence-corrected chi connectivity index (χ0v) is 6.00. The maximum Gasteiger partial charge on any atom is 0.140 e. The number of amides is 1. The number of carbonyl (C=O) groups excluding carboxylic acids is 1. The molecule has 4 heteroatoms. The quantitative estimate of drug-likeness (QED) is 0.621. The summed E-state index contributed by atoms with van der Waals surface area (Å²) in [5.41, 5.74) is 0.775. The molecule has 0 saturated carbocycles. The van der Waals surface area contributed by atoms with Crippen molar-refractivity contribution in [3.8, 4) is 0 Å². The predicted molar refractivity (Wildman–Crippen MR) is 38.0 cm³/mol. The second kappa shape index (κ2) is 3.01. The average molecular weight is 151 g/mol. The van der Waals surface area contributed by atoms with E-state index in [0.717, 1.165) is 5.56 Å². The summed E-state index contributed by atoms with van der Waals surface area (Å²) in [7, 11) is 0. The lowest BCUT2D eigenvalue weighted by Gasteiger charge is -2.06. The van der Waals surface area contributed by atoms with Crippen LogP contribution >= 0.6 is 0 Å². The minimum Gasteiger partial charge on any atom is -0.530 e. The number of nitrogens with one attached hydrogen (secondary N) is 1. The zero-order chi connectivity index (χ0) is 8.27. The van der Waals surface area contributed by atoms with Gasteiger partial charge in [-0.15, -0.1) is 0 Å². The average Bonchev–Trinajstić information content (AvgIpc) is 1.93. The summed E-state index contributed by atoms with van der Waals surface area (Å²) in [6.07, 6.45) is 0.171. The van der Waals surface area contributed by atoms with Crippen molar-refractivity contribution in [2.75, 3.05) is 5.32 Å². The molecule has 0 atom stereocenters. The van der Waals surface area contributed by atoms with Crippen molar-refractivity contribution >= 4 is 11.9 Å². The third-order valence-electron chi connectivity index (χ3n) is 1.23. The second-order valence-corrected chi connectivity index (χ2v) is 2.08. The molecule has 11 heavy (non-hydrogen) atoms. The number of nitrogens with zero attached hydrogens (tertiary/aromatic N) is 1. The molecule has 0 unspecified atom stereocenters. The highest BCUT2D eigenvalue weighted by molar-refractivity contribution is 5.80. The lowest BCUT2D eigenvalue weighted by Crippen LogP contribution is -2.29. The van der Waals surface area contributed by atoms with Crippen molar-refractivity contribution in [1.82, 2.24) is 4.98 Å². The van der Waals surface area contributed by atoms with Crippen LogP contribution in [0.5, 0.6) is 0 Å². The first-order valence-corrected chi connectivity index (χ1v) is 3.10. The Hall–Kier alpha value is -1.58. The molecule has 1 aromatic heterocycles. The Morgan fingerprint density at radius 1 is 1.73 bits per heavy atom. The first-order chi connectivity index (χ1) is 5.20. The van der Waals surface area contributed by atoms with Crippen LogP contribution in [0.1, 0.15) is 5.56 Å². The van der Waals surface area contributed by atoms with Gasteiger partial charge in [-0.3, -0.25) is 0 Å². The van der Waals surface area contributed by atoms with Crippen LogP contribution in [0.2, 0.25) is 0 Å². The number of rotatable bonds is 1. The van der Waals surface area contributed by atoms with E-state index in [0.29, 0.717) is 5.82 Å². The van der Waals surface area contributed by atoms with Crippen molar-refractivity contribution in [2.24, 2.45) is 0 Å². The minimum absolute atomic E-state index is 0.326. The fourth-order valence-electron chi connectivity index (χ4n) is 0.713. The third-order valence-corrected chi connectivity index (χ3v) is 1.23. The van der Waals surface area contributed by atoms with Crippen LogP contribution in [-0.4, -0.2) is 11.1 Å². The minimum atomic E-state index is -1.34. The Kier molecular flexibility index (Phi) is 2.06. The Balaban J connectivity index is 2.86. The molecule has 0 saturated heterocycles. The van der Waals surface area contributed by atoms with Gasteiger partial charge in [0.1, 0.15) is 11.9 Å². The molecule has 0 spiro atoms. The first-order valence-electron chi connectivity index (χ1n) is 3.10. The van der Waals surface area contributed by atoms with Gasteiger partial charge < -0.3 is 15.2 Å². The highest BCUT2D eigenvalue weighted by atomic mass is 16.4. The van der Waals surface area contributed by atoms with Gasteiger partial charge in [0, 0.05) is 6.20 Å². The van der Waals surface area contributed by atoms with E-state index >= 15 is 0 Å². The predicted octanol–water partition coefficient (Wildman–Crippen LogP) is 0.145. The van der Waals surface area contributed by atoms with Gasteiger partial charge in [0.05, 0.1) is 0 Å². The lowest BCUT2D eigenvalue weighted by atomic mass is 10.3. The molecule has 4 nitrogen and oxygen atoms in total. The lowest BCUT2D eigenvalue weighted by molar-refractivity contribution is -0.242. The molecule has 0 aliphatic carbocycles. The van der Waals surface area contributed by atoms with Gasteiger partial charge in [0.15, 0.2) is 0 Å². The summed E-state index contributed by atoms with van der Waals surface area (Å²) in [6, 6.07) is 3.49. The van der Waals surface area contributed by atoms with E-state index in [4.69, 9.17) is 0 Å². The molecule has 0 radical (unpaired) electrons. The molecule has 0 aliphatic heterocycles. The van der Waals surface area contributed by atoms with Gasteiger partial charge in [0.25, 0.3) is 0 Å². The molecule has 1 aromatic rings. The molecule has 1 N–H and O–H groups in total. The van der Waals surface area contributed by atoms with Crippen LogP contribution in [0, 0.1) is 6.92 Å². The van der Waals surface area contributed by atoms with E-state index in [9.17, 15) is 9.90 Å². The van der Waals surface area contributed by atoms with Gasteiger partial charge >= 0.3 is 0 Å². The molecule has 0 fully saturated rings. The van der Waals surface area contributed by atoms with Crippen LogP contribution in [0.4, 0.5) is 10.6 Å². The fourth-order valence-corrected chi connectivity index (χ4v) is 0.713. The largest absolute Gasteiger partial charge is 0.530 e. The first kappa shape index (κ1) is 7.53. The topological polar surface area (TPSA) is 65.0 Å². The molecule has 1 heterocycles. The van der Waals surface area contributed by atoms with Crippen LogP contribution in [0.15, 0.2) is 18.3 Å². The monoisotopic (exact) mass is 151 g/mol. The van der Waals surface area contributed by atoms with E-state index < -0.39 is 6.09 Å². The molecular weight excluding hydrogens is 144 g/mol. The number of hydrogen-bond acceptors (Lipinski definition) is 3. The Morgan fingerprint density at radius 3 is 3.00 bits per heavy atom. The number of aryl methyl sites for hydroxylation is 1. The molecule has 0 bridgehead atoms. The number of pyridine rings is 1. The molecular formula is C7H7N2O2-. The van der Waals surface area contributed by atoms with E-state index in [1.807, 2.05) is 0 Å². The van der Waals surface area contributed by atoms with E-state index in [-0.39, 0.29) is 0 Å². The number of carboxylic acid groups (broad SMARTS) is 1. The van der Waals surface area contributed by atoms with E-state index in [2.05, 4.69) is 10.3 Å². The van der Waals surface area contributed by atoms with Crippen LogP contribution in [0.3, 0.4) is 0 Å². The maximum atomic E-state index is 10.1. The van der Waals surface area contributed by atoms with Gasteiger partial charge in [-0.1, -0.05) is 6.07 Å². The highest BCUT2D eigenvalue weighted by Gasteiger charge is 1.95. The summed E-state index contributed by atoms with van der Waals surface area (Å²) in [4.78, 5) is 13.8.